The van der Waals surface area contributed by atoms with E-state index in [1.165, 1.54) is 5.56 Å². The monoisotopic (exact) mass is 336 g/mol. The lowest BCUT2D eigenvalue weighted by molar-refractivity contribution is -0.159. The van der Waals surface area contributed by atoms with Crippen LogP contribution in [0.1, 0.15) is 53.0 Å². The van der Waals surface area contributed by atoms with Crippen molar-refractivity contribution in [2.24, 2.45) is 5.92 Å². The average Bonchev–Trinajstić information content (AvgIpc) is 2.57. The molecule has 2 atom stereocenters. The molecule has 0 aliphatic rings. The lowest BCUT2D eigenvalue weighted by atomic mass is 9.81. The van der Waals surface area contributed by atoms with Crippen LogP contribution in [0, 0.1) is 5.92 Å². The number of carbonyl (C=O) groups excluding carboxylic acids is 1. The van der Waals surface area contributed by atoms with Crippen LogP contribution < -0.4 is 4.74 Å². The highest BCUT2D eigenvalue weighted by molar-refractivity contribution is 5.69. The summed E-state index contributed by atoms with van der Waals surface area (Å²) < 4.78 is 16.9. The minimum Gasteiger partial charge on any atom is -0.497 e. The summed E-state index contributed by atoms with van der Waals surface area (Å²) >= 11 is 0. The van der Waals surface area contributed by atoms with Gasteiger partial charge in [0.1, 0.15) is 11.9 Å². The molecule has 0 heterocycles. The molecule has 1 aromatic carbocycles. The molecule has 0 aliphatic heterocycles. The van der Waals surface area contributed by atoms with Gasteiger partial charge in [-0.1, -0.05) is 26.0 Å². The third kappa shape index (κ3) is 6.16. The number of rotatable bonds is 10. The third-order valence-electron chi connectivity index (χ3n) is 4.36. The number of methoxy groups -OCH3 is 1. The van der Waals surface area contributed by atoms with Gasteiger partial charge in [0, 0.05) is 18.9 Å². The zero-order valence-electron chi connectivity index (χ0n) is 15.9. The fourth-order valence-electron chi connectivity index (χ4n) is 2.84. The van der Waals surface area contributed by atoms with Gasteiger partial charge in [0.05, 0.1) is 12.7 Å². The van der Waals surface area contributed by atoms with Gasteiger partial charge in [0.25, 0.3) is 0 Å². The molecule has 4 nitrogen and oxygen atoms in total. The zero-order valence-corrected chi connectivity index (χ0v) is 15.9. The highest BCUT2D eigenvalue weighted by Gasteiger charge is 2.36. The van der Waals surface area contributed by atoms with Crippen molar-refractivity contribution in [3.8, 4) is 5.75 Å². The molecule has 0 N–H and O–H groups in total. The van der Waals surface area contributed by atoms with Crippen molar-refractivity contribution in [1.82, 2.24) is 0 Å². The Kier molecular flexibility index (Phi) is 8.26. The Labute approximate surface area is 146 Å². The molecular formula is C20H32O4. The Bertz CT molecular complexity index is 493. The normalized spacial score (nSPS) is 14.1. The van der Waals surface area contributed by atoms with Gasteiger partial charge >= 0.3 is 5.97 Å². The first-order chi connectivity index (χ1) is 11.3. The topological polar surface area (TPSA) is 44.8 Å². The van der Waals surface area contributed by atoms with Gasteiger partial charge in [0.2, 0.25) is 0 Å². The molecule has 0 spiro atoms. The molecule has 0 bridgehead atoms. The van der Waals surface area contributed by atoms with E-state index in [-0.39, 0.29) is 23.6 Å². The van der Waals surface area contributed by atoms with E-state index in [2.05, 4.69) is 32.9 Å². The SMILES string of the molecule is CCCOC(C)(C)C(Cc1ccc(OC)cc1)C(C)OC(=O)CC. The summed E-state index contributed by atoms with van der Waals surface area (Å²) in [5.74, 6) is 0.726. The van der Waals surface area contributed by atoms with Crippen molar-refractivity contribution in [3.05, 3.63) is 29.8 Å². The Balaban J connectivity index is 2.95. The predicted octanol–water partition coefficient (Wildman–Crippen LogP) is 4.40. The Hall–Kier alpha value is -1.55. The van der Waals surface area contributed by atoms with Crippen molar-refractivity contribution >= 4 is 5.97 Å². The summed E-state index contributed by atoms with van der Waals surface area (Å²) in [6.07, 6.45) is 1.91. The predicted molar refractivity (Wildman–Crippen MR) is 96.4 cm³/mol. The Morgan fingerprint density at radius 3 is 2.29 bits per heavy atom. The van der Waals surface area contributed by atoms with Crippen molar-refractivity contribution in [3.63, 3.8) is 0 Å². The smallest absolute Gasteiger partial charge is 0.305 e. The molecule has 24 heavy (non-hydrogen) atoms. The van der Waals surface area contributed by atoms with Crippen molar-refractivity contribution in [1.29, 1.82) is 0 Å². The van der Waals surface area contributed by atoms with E-state index >= 15 is 0 Å². The fourth-order valence-corrected chi connectivity index (χ4v) is 2.84. The second kappa shape index (κ2) is 9.67. The van der Waals surface area contributed by atoms with Gasteiger partial charge in [0.15, 0.2) is 0 Å². The molecule has 0 saturated carbocycles. The Morgan fingerprint density at radius 1 is 1.17 bits per heavy atom. The molecule has 0 fully saturated rings. The second-order valence-corrected chi connectivity index (χ2v) is 6.66. The van der Waals surface area contributed by atoms with E-state index < -0.39 is 0 Å². The van der Waals surface area contributed by atoms with Crippen LogP contribution in [0.2, 0.25) is 0 Å². The fraction of sp³-hybridized carbons (Fsp3) is 0.650. The van der Waals surface area contributed by atoms with Crippen LogP contribution >= 0.6 is 0 Å². The van der Waals surface area contributed by atoms with E-state index in [1.54, 1.807) is 7.11 Å². The number of hydrogen-bond donors (Lipinski definition) is 0. The molecule has 0 radical (unpaired) electrons. The third-order valence-corrected chi connectivity index (χ3v) is 4.36. The first-order valence-corrected chi connectivity index (χ1v) is 8.80. The quantitative estimate of drug-likeness (QED) is 0.594. The zero-order chi connectivity index (χ0) is 18.2. The van der Waals surface area contributed by atoms with Crippen LogP contribution in [0.3, 0.4) is 0 Å². The molecule has 1 aromatic rings. The molecule has 136 valence electrons. The van der Waals surface area contributed by atoms with E-state index in [0.717, 1.165) is 18.6 Å². The van der Waals surface area contributed by atoms with E-state index in [4.69, 9.17) is 14.2 Å². The number of ether oxygens (including phenoxy) is 3. The molecule has 2 unspecified atom stereocenters. The van der Waals surface area contributed by atoms with Crippen LogP contribution in [0.4, 0.5) is 0 Å². The highest BCUT2D eigenvalue weighted by atomic mass is 16.5. The van der Waals surface area contributed by atoms with Crippen LogP contribution in [0.5, 0.6) is 5.75 Å². The van der Waals surface area contributed by atoms with Crippen LogP contribution in [0.15, 0.2) is 24.3 Å². The summed E-state index contributed by atoms with van der Waals surface area (Å²) in [6.45, 7) is 10.7. The van der Waals surface area contributed by atoms with Crippen molar-refractivity contribution < 1.29 is 19.0 Å². The van der Waals surface area contributed by atoms with Gasteiger partial charge < -0.3 is 14.2 Å². The minimum atomic E-state index is -0.386. The molecule has 4 heteroatoms. The molecule has 0 amide bonds. The number of esters is 1. The summed E-state index contributed by atoms with van der Waals surface area (Å²) in [5.41, 5.74) is 0.789. The van der Waals surface area contributed by atoms with Gasteiger partial charge in [-0.15, -0.1) is 0 Å². The van der Waals surface area contributed by atoms with E-state index in [1.807, 2.05) is 26.0 Å². The molecule has 0 aromatic heterocycles. The van der Waals surface area contributed by atoms with Gasteiger partial charge in [-0.2, -0.15) is 0 Å². The summed E-state index contributed by atoms with van der Waals surface area (Å²) in [6, 6.07) is 8.01. The van der Waals surface area contributed by atoms with Gasteiger partial charge in [-0.3, -0.25) is 4.79 Å². The largest absolute Gasteiger partial charge is 0.497 e. The molecule has 0 aliphatic carbocycles. The summed E-state index contributed by atoms with van der Waals surface area (Å²) in [5, 5.41) is 0. The average molecular weight is 336 g/mol. The standard InChI is InChI=1S/C20H32O4/c1-7-13-23-20(4,5)18(15(3)24-19(21)8-2)14-16-9-11-17(22-6)12-10-16/h9-12,15,18H,7-8,13-14H2,1-6H3. The van der Waals surface area contributed by atoms with Gasteiger partial charge in [-0.25, -0.2) is 0 Å². The number of carbonyl (C=O) groups is 1. The second-order valence-electron chi connectivity index (χ2n) is 6.66. The minimum absolute atomic E-state index is 0.0629. The van der Waals surface area contributed by atoms with Crippen LogP contribution in [-0.4, -0.2) is 31.4 Å². The molecule has 1 rings (SSSR count). The maximum atomic E-state index is 11.7. The maximum absolute atomic E-state index is 11.7. The lowest BCUT2D eigenvalue weighted by Gasteiger charge is -2.38. The number of hydrogen-bond acceptors (Lipinski definition) is 4. The van der Waals surface area contributed by atoms with Crippen molar-refractivity contribution in [2.75, 3.05) is 13.7 Å². The van der Waals surface area contributed by atoms with Gasteiger partial charge in [-0.05, 0) is 51.3 Å². The first-order valence-electron chi connectivity index (χ1n) is 8.80. The molecular weight excluding hydrogens is 304 g/mol. The van der Waals surface area contributed by atoms with E-state index in [0.29, 0.717) is 13.0 Å². The van der Waals surface area contributed by atoms with Crippen LogP contribution in [-0.2, 0) is 20.7 Å². The summed E-state index contributed by atoms with van der Waals surface area (Å²) in [4.78, 5) is 11.7. The highest BCUT2D eigenvalue weighted by Crippen LogP contribution is 2.30. The lowest BCUT2D eigenvalue weighted by Crippen LogP contribution is -2.44. The van der Waals surface area contributed by atoms with Crippen molar-refractivity contribution in [2.45, 2.75) is 65.6 Å². The van der Waals surface area contributed by atoms with E-state index in [9.17, 15) is 4.79 Å². The van der Waals surface area contributed by atoms with Crippen LogP contribution in [0.25, 0.3) is 0 Å². The molecule has 0 saturated heterocycles. The Morgan fingerprint density at radius 2 is 1.79 bits per heavy atom. The maximum Gasteiger partial charge on any atom is 0.305 e. The first kappa shape index (κ1) is 20.5. The number of benzene rings is 1. The summed E-state index contributed by atoms with van der Waals surface area (Å²) in [7, 11) is 1.66.